The highest BCUT2D eigenvalue weighted by Crippen LogP contribution is 2.45. The standard InChI is InChI=1S/C27H48O2/c1-3-5-6-8-27(28)29-26-19-17-25(18-20-26)24-15-13-23(14-16-24)22-11-9-21(7-4-2)10-12-22/h21-26H,3-20H2,1-2H3/t21-,22-,23-,24-,25-,26-. The number of ether oxygens (including phenoxy) is 1. The molecule has 0 atom stereocenters. The van der Waals surface area contributed by atoms with E-state index in [1.54, 1.807) is 0 Å². The molecular weight excluding hydrogens is 356 g/mol. The van der Waals surface area contributed by atoms with Gasteiger partial charge in [-0.25, -0.2) is 0 Å². The van der Waals surface area contributed by atoms with Crippen molar-refractivity contribution in [3.8, 4) is 0 Å². The molecule has 2 heteroatoms. The van der Waals surface area contributed by atoms with Gasteiger partial charge in [-0.15, -0.1) is 0 Å². The van der Waals surface area contributed by atoms with Crippen LogP contribution in [0.15, 0.2) is 0 Å². The van der Waals surface area contributed by atoms with Gasteiger partial charge in [0.15, 0.2) is 0 Å². The number of carbonyl (C=O) groups excluding carboxylic acids is 1. The number of esters is 1. The third-order valence-corrected chi connectivity index (χ3v) is 8.74. The molecule has 0 amide bonds. The van der Waals surface area contributed by atoms with Crippen LogP contribution in [-0.4, -0.2) is 12.1 Å². The van der Waals surface area contributed by atoms with Crippen molar-refractivity contribution in [1.82, 2.24) is 0 Å². The van der Waals surface area contributed by atoms with Crippen molar-refractivity contribution in [1.29, 1.82) is 0 Å². The Balaban J connectivity index is 1.30. The highest BCUT2D eigenvalue weighted by molar-refractivity contribution is 5.69. The number of hydrogen-bond donors (Lipinski definition) is 0. The Morgan fingerprint density at radius 1 is 0.655 bits per heavy atom. The van der Waals surface area contributed by atoms with Gasteiger partial charge in [0.1, 0.15) is 6.10 Å². The molecule has 3 saturated carbocycles. The Labute approximate surface area is 180 Å². The second kappa shape index (κ2) is 12.4. The van der Waals surface area contributed by atoms with Crippen LogP contribution in [-0.2, 0) is 9.53 Å². The molecule has 0 aromatic rings. The van der Waals surface area contributed by atoms with E-state index in [9.17, 15) is 4.79 Å². The van der Waals surface area contributed by atoms with Gasteiger partial charge in [-0.1, -0.05) is 52.4 Å². The van der Waals surface area contributed by atoms with Crippen molar-refractivity contribution in [3.63, 3.8) is 0 Å². The van der Waals surface area contributed by atoms with Gasteiger partial charge >= 0.3 is 5.97 Å². The quantitative estimate of drug-likeness (QED) is 0.287. The molecule has 0 bridgehead atoms. The van der Waals surface area contributed by atoms with E-state index in [1.165, 1.54) is 83.5 Å². The number of carbonyl (C=O) groups is 1. The zero-order chi connectivity index (χ0) is 20.5. The van der Waals surface area contributed by atoms with Gasteiger partial charge in [0.05, 0.1) is 0 Å². The zero-order valence-corrected chi connectivity index (χ0v) is 19.5. The zero-order valence-electron chi connectivity index (χ0n) is 19.5. The monoisotopic (exact) mass is 404 g/mol. The molecule has 29 heavy (non-hydrogen) atoms. The highest BCUT2D eigenvalue weighted by Gasteiger charge is 2.35. The van der Waals surface area contributed by atoms with Crippen LogP contribution < -0.4 is 0 Å². The second-order valence-corrected chi connectivity index (χ2v) is 10.7. The molecule has 0 aromatic heterocycles. The SMILES string of the molecule is CCCCCC(=O)O[C@H]1CC[C@H]([C@H]2CC[C@H]([C@H]3CC[C@H](CCC)CC3)CC2)CC1. The first-order chi connectivity index (χ1) is 14.2. The fraction of sp³-hybridized carbons (Fsp3) is 0.963. The molecule has 0 radical (unpaired) electrons. The van der Waals surface area contributed by atoms with Crippen molar-refractivity contribution in [2.45, 2.75) is 136 Å². The van der Waals surface area contributed by atoms with Gasteiger partial charge in [0.25, 0.3) is 0 Å². The predicted molar refractivity (Wildman–Crippen MR) is 122 cm³/mol. The maximum Gasteiger partial charge on any atom is 0.306 e. The van der Waals surface area contributed by atoms with Crippen LogP contribution in [0, 0.1) is 29.6 Å². The van der Waals surface area contributed by atoms with E-state index in [-0.39, 0.29) is 12.1 Å². The smallest absolute Gasteiger partial charge is 0.306 e. The summed E-state index contributed by atoms with van der Waals surface area (Å²) in [5, 5.41) is 0. The molecule has 0 aliphatic heterocycles. The molecule has 0 heterocycles. The van der Waals surface area contributed by atoms with Gasteiger partial charge in [-0.05, 0) is 100 Å². The normalized spacial score (nSPS) is 35.9. The van der Waals surface area contributed by atoms with Crippen molar-refractivity contribution in [2.75, 3.05) is 0 Å². The lowest BCUT2D eigenvalue weighted by Crippen LogP contribution is -2.31. The van der Waals surface area contributed by atoms with Gasteiger partial charge in [0.2, 0.25) is 0 Å². The molecule has 3 aliphatic carbocycles. The van der Waals surface area contributed by atoms with E-state index in [0.29, 0.717) is 6.42 Å². The van der Waals surface area contributed by atoms with Gasteiger partial charge in [-0.3, -0.25) is 4.79 Å². The molecule has 0 saturated heterocycles. The Hall–Kier alpha value is -0.530. The summed E-state index contributed by atoms with van der Waals surface area (Å²) in [5.41, 5.74) is 0. The molecule has 3 fully saturated rings. The van der Waals surface area contributed by atoms with E-state index in [0.717, 1.165) is 55.3 Å². The maximum atomic E-state index is 12.0. The first-order valence-corrected chi connectivity index (χ1v) is 13.4. The van der Waals surface area contributed by atoms with Crippen LogP contribution in [0.2, 0.25) is 0 Å². The minimum Gasteiger partial charge on any atom is -0.462 e. The number of rotatable bonds is 9. The van der Waals surface area contributed by atoms with Crippen molar-refractivity contribution >= 4 is 5.97 Å². The molecule has 3 rings (SSSR count). The van der Waals surface area contributed by atoms with E-state index in [4.69, 9.17) is 4.74 Å². The molecule has 0 aromatic carbocycles. The van der Waals surface area contributed by atoms with Crippen molar-refractivity contribution in [3.05, 3.63) is 0 Å². The van der Waals surface area contributed by atoms with Gasteiger partial charge in [-0.2, -0.15) is 0 Å². The third-order valence-electron chi connectivity index (χ3n) is 8.74. The van der Waals surface area contributed by atoms with E-state index in [2.05, 4.69) is 13.8 Å². The van der Waals surface area contributed by atoms with Gasteiger partial charge in [0, 0.05) is 6.42 Å². The Bertz CT molecular complexity index is 449. The average Bonchev–Trinajstić information content (AvgIpc) is 2.75. The fourth-order valence-corrected chi connectivity index (χ4v) is 6.89. The third kappa shape index (κ3) is 7.28. The summed E-state index contributed by atoms with van der Waals surface area (Å²) in [6.45, 7) is 4.52. The summed E-state index contributed by atoms with van der Waals surface area (Å²) in [6, 6.07) is 0. The molecule has 2 nitrogen and oxygen atoms in total. The first kappa shape index (κ1) is 23.1. The molecule has 0 spiro atoms. The average molecular weight is 405 g/mol. The summed E-state index contributed by atoms with van der Waals surface area (Å²) in [7, 11) is 0. The molecule has 0 unspecified atom stereocenters. The Kier molecular flexibility index (Phi) is 9.86. The van der Waals surface area contributed by atoms with Crippen LogP contribution in [0.1, 0.15) is 129 Å². The molecule has 0 N–H and O–H groups in total. The number of unbranched alkanes of at least 4 members (excludes halogenated alkanes) is 2. The van der Waals surface area contributed by atoms with Crippen LogP contribution in [0.25, 0.3) is 0 Å². The second-order valence-electron chi connectivity index (χ2n) is 10.7. The lowest BCUT2D eigenvalue weighted by Gasteiger charge is -2.41. The summed E-state index contributed by atoms with van der Waals surface area (Å²) >= 11 is 0. The van der Waals surface area contributed by atoms with Crippen LogP contribution in [0.5, 0.6) is 0 Å². The van der Waals surface area contributed by atoms with E-state index >= 15 is 0 Å². The van der Waals surface area contributed by atoms with Crippen LogP contribution in [0.3, 0.4) is 0 Å². The fourth-order valence-electron chi connectivity index (χ4n) is 6.89. The first-order valence-electron chi connectivity index (χ1n) is 13.4. The topological polar surface area (TPSA) is 26.3 Å². The minimum absolute atomic E-state index is 0.0519. The predicted octanol–water partition coefficient (Wildman–Crippen LogP) is 8.08. The van der Waals surface area contributed by atoms with Gasteiger partial charge < -0.3 is 4.74 Å². The van der Waals surface area contributed by atoms with E-state index < -0.39 is 0 Å². The largest absolute Gasteiger partial charge is 0.462 e. The summed E-state index contributed by atoms with van der Waals surface area (Å²) in [5.74, 6) is 5.05. The maximum absolute atomic E-state index is 12.0. The van der Waals surface area contributed by atoms with Crippen molar-refractivity contribution in [2.24, 2.45) is 29.6 Å². The molecular formula is C27H48O2. The Morgan fingerprint density at radius 3 is 1.62 bits per heavy atom. The lowest BCUT2D eigenvalue weighted by molar-refractivity contribution is -0.151. The highest BCUT2D eigenvalue weighted by atomic mass is 16.5. The lowest BCUT2D eigenvalue weighted by atomic mass is 9.65. The van der Waals surface area contributed by atoms with Crippen LogP contribution in [0.4, 0.5) is 0 Å². The summed E-state index contributed by atoms with van der Waals surface area (Å²) < 4.78 is 5.76. The Morgan fingerprint density at radius 2 is 1.14 bits per heavy atom. The van der Waals surface area contributed by atoms with Crippen molar-refractivity contribution < 1.29 is 9.53 Å². The summed E-state index contributed by atoms with van der Waals surface area (Å²) in [4.78, 5) is 12.0. The van der Waals surface area contributed by atoms with E-state index in [1.807, 2.05) is 0 Å². The molecule has 3 aliphatic rings. The van der Waals surface area contributed by atoms with Crippen LogP contribution >= 0.6 is 0 Å². The molecule has 168 valence electrons. The minimum atomic E-state index is 0.0519. The summed E-state index contributed by atoms with van der Waals surface area (Å²) in [6.07, 6.45) is 23.8. The number of hydrogen-bond acceptors (Lipinski definition) is 2.